The number of hydrogen-bond acceptors (Lipinski definition) is 2. The van der Waals surface area contributed by atoms with Crippen LogP contribution in [0, 0.1) is 12.7 Å². The molecule has 0 saturated carbocycles. The number of pyridine rings is 1. The molecular weight excluding hydrogens is 239 g/mol. The van der Waals surface area contributed by atoms with Crippen LogP contribution in [0.15, 0.2) is 36.7 Å². The number of nitrogens with two attached hydrogens (primary N) is 1. The van der Waals surface area contributed by atoms with E-state index in [0.717, 1.165) is 11.1 Å². The van der Waals surface area contributed by atoms with Crippen LogP contribution in [0.3, 0.4) is 0 Å². The van der Waals surface area contributed by atoms with Gasteiger partial charge in [-0.2, -0.15) is 0 Å². The molecule has 2 aromatic rings. The van der Waals surface area contributed by atoms with Crippen LogP contribution in [0.2, 0.25) is 5.02 Å². The van der Waals surface area contributed by atoms with Crippen LogP contribution in [-0.2, 0) is 0 Å². The zero-order valence-corrected chi connectivity index (χ0v) is 10.1. The molecule has 1 aromatic heterocycles. The largest absolute Gasteiger partial charge is 0.320 e. The highest BCUT2D eigenvalue weighted by Gasteiger charge is 2.13. The van der Waals surface area contributed by atoms with Gasteiger partial charge < -0.3 is 5.73 Å². The highest BCUT2D eigenvalue weighted by atomic mass is 35.5. The number of aromatic nitrogens is 1. The Morgan fingerprint density at radius 2 is 2.12 bits per heavy atom. The first-order valence-electron chi connectivity index (χ1n) is 5.20. The van der Waals surface area contributed by atoms with Crippen molar-refractivity contribution in [3.8, 4) is 0 Å². The average Bonchev–Trinajstić information content (AvgIpc) is 2.27. The van der Waals surface area contributed by atoms with Crippen LogP contribution in [0.4, 0.5) is 4.39 Å². The van der Waals surface area contributed by atoms with Gasteiger partial charge in [-0.25, -0.2) is 4.39 Å². The minimum Gasteiger partial charge on any atom is -0.320 e. The van der Waals surface area contributed by atoms with Gasteiger partial charge in [0.15, 0.2) is 0 Å². The molecule has 17 heavy (non-hydrogen) atoms. The first kappa shape index (κ1) is 12.0. The van der Waals surface area contributed by atoms with E-state index in [1.807, 2.05) is 13.0 Å². The molecule has 1 unspecified atom stereocenters. The second-order valence-corrected chi connectivity index (χ2v) is 4.34. The molecule has 0 fully saturated rings. The van der Waals surface area contributed by atoms with Gasteiger partial charge in [-0.05, 0) is 41.8 Å². The summed E-state index contributed by atoms with van der Waals surface area (Å²) in [4.78, 5) is 3.89. The fourth-order valence-electron chi connectivity index (χ4n) is 1.76. The van der Waals surface area contributed by atoms with Crippen molar-refractivity contribution in [2.45, 2.75) is 13.0 Å². The van der Waals surface area contributed by atoms with Crippen LogP contribution in [0.5, 0.6) is 0 Å². The van der Waals surface area contributed by atoms with Crippen molar-refractivity contribution in [3.63, 3.8) is 0 Å². The van der Waals surface area contributed by atoms with Gasteiger partial charge in [0.05, 0.1) is 11.1 Å². The molecule has 1 aromatic carbocycles. The van der Waals surface area contributed by atoms with E-state index in [-0.39, 0.29) is 5.82 Å². The predicted molar refractivity (Wildman–Crippen MR) is 66.4 cm³/mol. The molecule has 0 saturated heterocycles. The van der Waals surface area contributed by atoms with Gasteiger partial charge in [0.1, 0.15) is 5.82 Å². The molecule has 0 amide bonds. The Hall–Kier alpha value is -1.45. The third-order valence-corrected chi connectivity index (χ3v) is 2.88. The predicted octanol–water partition coefficient (Wildman–Crippen LogP) is 3.23. The van der Waals surface area contributed by atoms with Crippen LogP contribution >= 0.6 is 11.6 Å². The number of aryl methyl sites for hydroxylation is 1. The van der Waals surface area contributed by atoms with Crippen molar-refractivity contribution in [1.29, 1.82) is 0 Å². The summed E-state index contributed by atoms with van der Waals surface area (Å²) in [5.74, 6) is -0.291. The van der Waals surface area contributed by atoms with Crippen molar-refractivity contribution in [3.05, 3.63) is 64.2 Å². The normalized spacial score (nSPS) is 12.5. The molecule has 1 heterocycles. The van der Waals surface area contributed by atoms with E-state index in [0.29, 0.717) is 10.6 Å². The third-order valence-electron chi connectivity index (χ3n) is 2.56. The summed E-state index contributed by atoms with van der Waals surface area (Å²) in [5, 5.41) is 0.488. The number of nitrogens with zero attached hydrogens (tertiary/aromatic N) is 1. The Balaban J connectivity index is 2.43. The van der Waals surface area contributed by atoms with Crippen LogP contribution in [0.1, 0.15) is 22.7 Å². The lowest BCUT2D eigenvalue weighted by Gasteiger charge is -2.14. The molecule has 2 nitrogen and oxygen atoms in total. The molecule has 0 spiro atoms. The fraction of sp³-hybridized carbons (Fsp3) is 0.154. The van der Waals surface area contributed by atoms with Gasteiger partial charge in [0, 0.05) is 12.4 Å². The van der Waals surface area contributed by atoms with Gasteiger partial charge in [0.25, 0.3) is 0 Å². The third kappa shape index (κ3) is 2.62. The first-order chi connectivity index (χ1) is 8.08. The van der Waals surface area contributed by atoms with E-state index in [2.05, 4.69) is 4.98 Å². The van der Waals surface area contributed by atoms with Gasteiger partial charge >= 0.3 is 0 Å². The number of benzene rings is 1. The summed E-state index contributed by atoms with van der Waals surface area (Å²) in [6.07, 6.45) is 3.15. The Morgan fingerprint density at radius 1 is 1.35 bits per heavy atom. The molecule has 2 rings (SSSR count). The smallest absolute Gasteiger partial charge is 0.123 e. The van der Waals surface area contributed by atoms with Gasteiger partial charge in [-0.3, -0.25) is 4.98 Å². The zero-order valence-electron chi connectivity index (χ0n) is 9.32. The first-order valence-corrected chi connectivity index (χ1v) is 5.58. The summed E-state index contributed by atoms with van der Waals surface area (Å²) in [6, 6.07) is 6.04. The van der Waals surface area contributed by atoms with E-state index in [4.69, 9.17) is 17.3 Å². The summed E-state index contributed by atoms with van der Waals surface area (Å²) in [5.41, 5.74) is 8.36. The van der Waals surface area contributed by atoms with Crippen molar-refractivity contribution in [2.75, 3.05) is 0 Å². The average molecular weight is 251 g/mol. The second kappa shape index (κ2) is 4.82. The lowest BCUT2D eigenvalue weighted by atomic mass is 9.99. The Kier molecular flexibility index (Phi) is 3.41. The summed E-state index contributed by atoms with van der Waals surface area (Å²) in [7, 11) is 0. The minimum atomic E-state index is -0.445. The lowest BCUT2D eigenvalue weighted by Crippen LogP contribution is -2.13. The maximum Gasteiger partial charge on any atom is 0.123 e. The van der Waals surface area contributed by atoms with Crippen molar-refractivity contribution >= 4 is 11.6 Å². The SMILES string of the molecule is Cc1cc(F)cc(C(N)c2ccncc2Cl)c1. The molecule has 0 radical (unpaired) electrons. The highest BCUT2D eigenvalue weighted by molar-refractivity contribution is 6.31. The topological polar surface area (TPSA) is 38.9 Å². The maximum absolute atomic E-state index is 13.3. The molecule has 2 N–H and O–H groups in total. The molecule has 4 heteroatoms. The molecule has 0 aliphatic rings. The highest BCUT2D eigenvalue weighted by Crippen LogP contribution is 2.26. The Labute approximate surface area is 104 Å². The van der Waals surface area contributed by atoms with Crippen LogP contribution in [0.25, 0.3) is 0 Å². The standard InChI is InChI=1S/C13H12ClFN2/c1-8-4-9(6-10(15)5-8)13(16)11-2-3-17-7-12(11)14/h2-7,13H,16H2,1H3. The lowest BCUT2D eigenvalue weighted by molar-refractivity contribution is 0.622. The second-order valence-electron chi connectivity index (χ2n) is 3.94. The fourth-order valence-corrected chi connectivity index (χ4v) is 2.00. The molecule has 88 valence electrons. The van der Waals surface area contributed by atoms with E-state index in [1.165, 1.54) is 18.3 Å². The molecular formula is C13H12ClFN2. The summed E-state index contributed by atoms with van der Waals surface area (Å²) < 4.78 is 13.3. The summed E-state index contributed by atoms with van der Waals surface area (Å²) in [6.45, 7) is 1.83. The van der Waals surface area contributed by atoms with E-state index in [1.54, 1.807) is 12.3 Å². The Bertz CT molecular complexity index is 522. The van der Waals surface area contributed by atoms with Crippen molar-refractivity contribution in [1.82, 2.24) is 4.98 Å². The van der Waals surface area contributed by atoms with Gasteiger partial charge in [0.2, 0.25) is 0 Å². The van der Waals surface area contributed by atoms with E-state index < -0.39 is 6.04 Å². The van der Waals surface area contributed by atoms with Gasteiger partial charge in [-0.1, -0.05) is 17.7 Å². The van der Waals surface area contributed by atoms with Crippen molar-refractivity contribution < 1.29 is 4.39 Å². The number of halogens is 2. The van der Waals surface area contributed by atoms with E-state index in [9.17, 15) is 4.39 Å². The molecule has 0 bridgehead atoms. The van der Waals surface area contributed by atoms with E-state index >= 15 is 0 Å². The molecule has 0 aliphatic carbocycles. The quantitative estimate of drug-likeness (QED) is 0.889. The van der Waals surface area contributed by atoms with Crippen molar-refractivity contribution in [2.24, 2.45) is 5.73 Å². The van der Waals surface area contributed by atoms with Crippen LogP contribution in [-0.4, -0.2) is 4.98 Å². The molecule has 0 aliphatic heterocycles. The Morgan fingerprint density at radius 3 is 2.76 bits per heavy atom. The monoisotopic (exact) mass is 250 g/mol. The maximum atomic E-state index is 13.3. The molecule has 1 atom stereocenters. The zero-order chi connectivity index (χ0) is 12.4. The minimum absolute atomic E-state index is 0.291. The number of hydrogen-bond donors (Lipinski definition) is 1. The number of rotatable bonds is 2. The van der Waals surface area contributed by atoms with Crippen LogP contribution < -0.4 is 5.73 Å². The van der Waals surface area contributed by atoms with Gasteiger partial charge in [-0.15, -0.1) is 0 Å². The summed E-state index contributed by atoms with van der Waals surface area (Å²) >= 11 is 6.01.